The molecule has 8 heteroatoms. The summed E-state index contributed by atoms with van der Waals surface area (Å²) >= 11 is 0. The second-order valence-corrected chi connectivity index (χ2v) is 7.63. The number of rotatable bonds is 6. The van der Waals surface area contributed by atoms with Gasteiger partial charge in [0.2, 0.25) is 18.4 Å². The van der Waals surface area contributed by atoms with E-state index in [9.17, 15) is 0 Å². The Morgan fingerprint density at radius 3 is 2.77 bits per heavy atom. The van der Waals surface area contributed by atoms with Crippen LogP contribution in [0.15, 0.2) is 40.8 Å². The fraction of sp³-hybridized carbons (Fsp3) is 0.348. The standard InChI is InChI=1S/C23H24N2O6/c1-14-17(11-25(2)10-16-12-27-18-6-4-5-7-19(18)31-16)24-23(30-14)15-8-20(26-3)22-21(9-15)28-13-29-22/h4-9,16H,10-13H2,1-3H3/t16-/m1/s1. The average Bonchev–Trinajstić information content (AvgIpc) is 3.39. The SMILES string of the molecule is COc1cc(-c2nc(CN(C)C[C@@H]3COc4ccccc4O3)c(C)o2)cc2c1OCO2. The minimum atomic E-state index is -0.0512. The van der Waals surface area contributed by atoms with Gasteiger partial charge in [0.15, 0.2) is 23.0 Å². The quantitative estimate of drug-likeness (QED) is 0.594. The molecule has 1 aromatic heterocycles. The van der Waals surface area contributed by atoms with E-state index in [2.05, 4.69) is 4.90 Å². The summed E-state index contributed by atoms with van der Waals surface area (Å²) in [5.74, 6) is 4.67. The summed E-state index contributed by atoms with van der Waals surface area (Å²) in [4.78, 5) is 6.87. The Morgan fingerprint density at radius 1 is 1.10 bits per heavy atom. The number of nitrogens with zero attached hydrogens (tertiary/aromatic N) is 2. The molecule has 2 aliphatic rings. The molecule has 31 heavy (non-hydrogen) atoms. The van der Waals surface area contributed by atoms with Crippen LogP contribution in [0.5, 0.6) is 28.7 Å². The summed E-state index contributed by atoms with van der Waals surface area (Å²) < 4.78 is 34.2. The lowest BCUT2D eigenvalue weighted by atomic mass is 10.2. The van der Waals surface area contributed by atoms with Gasteiger partial charge < -0.3 is 28.1 Å². The number of likely N-dealkylation sites (N-methyl/N-ethyl adjacent to an activating group) is 1. The van der Waals surface area contributed by atoms with E-state index in [1.807, 2.05) is 50.4 Å². The molecular formula is C23H24N2O6. The summed E-state index contributed by atoms with van der Waals surface area (Å²) in [7, 11) is 3.62. The predicted octanol–water partition coefficient (Wildman–Crippen LogP) is 3.66. The summed E-state index contributed by atoms with van der Waals surface area (Å²) in [6, 6.07) is 11.4. The molecule has 0 saturated carbocycles. The lowest BCUT2D eigenvalue weighted by Crippen LogP contribution is -2.39. The predicted molar refractivity (Wildman–Crippen MR) is 112 cm³/mol. The summed E-state index contributed by atoms with van der Waals surface area (Å²) in [6.45, 7) is 3.93. The van der Waals surface area contributed by atoms with Crippen molar-refractivity contribution in [2.75, 3.05) is 34.1 Å². The van der Waals surface area contributed by atoms with Crippen molar-refractivity contribution in [1.29, 1.82) is 0 Å². The van der Waals surface area contributed by atoms with Crippen molar-refractivity contribution in [3.63, 3.8) is 0 Å². The number of hydrogen-bond donors (Lipinski definition) is 0. The molecule has 1 atom stereocenters. The highest BCUT2D eigenvalue weighted by Crippen LogP contribution is 2.44. The van der Waals surface area contributed by atoms with Crippen LogP contribution >= 0.6 is 0 Å². The minimum Gasteiger partial charge on any atom is -0.493 e. The van der Waals surface area contributed by atoms with Crippen molar-refractivity contribution >= 4 is 0 Å². The van der Waals surface area contributed by atoms with Gasteiger partial charge in [-0.3, -0.25) is 4.90 Å². The van der Waals surface area contributed by atoms with Gasteiger partial charge in [0, 0.05) is 18.7 Å². The molecule has 0 aliphatic carbocycles. The van der Waals surface area contributed by atoms with Gasteiger partial charge in [-0.05, 0) is 38.2 Å². The summed E-state index contributed by atoms with van der Waals surface area (Å²) in [5, 5.41) is 0. The molecule has 0 radical (unpaired) electrons. The Hall–Kier alpha value is -3.39. The van der Waals surface area contributed by atoms with Gasteiger partial charge in [-0.2, -0.15) is 0 Å². The minimum absolute atomic E-state index is 0.0512. The van der Waals surface area contributed by atoms with E-state index in [-0.39, 0.29) is 12.9 Å². The van der Waals surface area contributed by atoms with Crippen molar-refractivity contribution in [3.05, 3.63) is 47.9 Å². The van der Waals surface area contributed by atoms with Crippen molar-refractivity contribution < 1.29 is 28.1 Å². The van der Waals surface area contributed by atoms with Gasteiger partial charge in [0.1, 0.15) is 18.5 Å². The van der Waals surface area contributed by atoms with E-state index in [0.717, 1.165) is 28.5 Å². The molecule has 3 heterocycles. The van der Waals surface area contributed by atoms with E-state index in [1.54, 1.807) is 7.11 Å². The Morgan fingerprint density at radius 2 is 1.94 bits per heavy atom. The zero-order valence-electron chi connectivity index (χ0n) is 17.7. The van der Waals surface area contributed by atoms with E-state index in [4.69, 9.17) is 33.1 Å². The summed E-state index contributed by atoms with van der Waals surface area (Å²) in [5.41, 5.74) is 1.64. The van der Waals surface area contributed by atoms with Crippen LogP contribution < -0.4 is 23.7 Å². The Bertz CT molecular complexity index is 1100. The fourth-order valence-electron chi connectivity index (χ4n) is 3.77. The lowest BCUT2D eigenvalue weighted by Gasteiger charge is -2.29. The van der Waals surface area contributed by atoms with Crippen LogP contribution in [0.4, 0.5) is 0 Å². The number of oxazole rings is 1. The monoisotopic (exact) mass is 424 g/mol. The largest absolute Gasteiger partial charge is 0.493 e. The number of hydrogen-bond acceptors (Lipinski definition) is 8. The normalized spacial score (nSPS) is 16.6. The van der Waals surface area contributed by atoms with Crippen molar-refractivity contribution in [3.8, 4) is 40.2 Å². The maximum Gasteiger partial charge on any atom is 0.231 e. The molecule has 0 unspecified atom stereocenters. The van der Waals surface area contributed by atoms with Crippen molar-refractivity contribution in [2.24, 2.45) is 0 Å². The van der Waals surface area contributed by atoms with Crippen LogP contribution in [0.25, 0.3) is 11.5 Å². The van der Waals surface area contributed by atoms with Gasteiger partial charge in [0.05, 0.1) is 12.8 Å². The van der Waals surface area contributed by atoms with Crippen LogP contribution in [0, 0.1) is 6.92 Å². The lowest BCUT2D eigenvalue weighted by molar-refractivity contribution is 0.0634. The summed E-state index contributed by atoms with van der Waals surface area (Å²) in [6.07, 6.45) is -0.0512. The zero-order valence-corrected chi connectivity index (χ0v) is 17.7. The van der Waals surface area contributed by atoms with Gasteiger partial charge in [0.25, 0.3) is 0 Å². The highest BCUT2D eigenvalue weighted by atomic mass is 16.7. The van der Waals surface area contributed by atoms with Gasteiger partial charge in [-0.1, -0.05) is 12.1 Å². The number of para-hydroxylation sites is 2. The van der Waals surface area contributed by atoms with Crippen LogP contribution in [0.3, 0.4) is 0 Å². The molecule has 8 nitrogen and oxygen atoms in total. The van der Waals surface area contributed by atoms with Crippen molar-refractivity contribution in [2.45, 2.75) is 19.6 Å². The van der Waals surface area contributed by atoms with E-state index >= 15 is 0 Å². The van der Waals surface area contributed by atoms with Crippen molar-refractivity contribution in [1.82, 2.24) is 9.88 Å². The number of aromatic nitrogens is 1. The zero-order chi connectivity index (χ0) is 21.4. The molecule has 0 spiro atoms. The molecular weight excluding hydrogens is 400 g/mol. The first-order valence-electron chi connectivity index (χ1n) is 10.1. The first-order chi connectivity index (χ1) is 15.1. The van der Waals surface area contributed by atoms with Crippen LogP contribution in [0.2, 0.25) is 0 Å². The maximum absolute atomic E-state index is 6.06. The van der Waals surface area contributed by atoms with E-state index in [0.29, 0.717) is 42.8 Å². The second-order valence-electron chi connectivity index (χ2n) is 7.63. The molecule has 3 aromatic rings. The smallest absolute Gasteiger partial charge is 0.231 e. The fourth-order valence-corrected chi connectivity index (χ4v) is 3.77. The molecule has 2 aromatic carbocycles. The second kappa shape index (κ2) is 8.03. The molecule has 0 saturated heterocycles. The number of fused-ring (bicyclic) bond motifs is 2. The molecule has 0 bridgehead atoms. The topological polar surface area (TPSA) is 75.4 Å². The molecule has 2 aliphatic heterocycles. The van der Waals surface area contributed by atoms with Gasteiger partial charge in [-0.25, -0.2) is 4.98 Å². The van der Waals surface area contributed by atoms with Gasteiger partial charge >= 0.3 is 0 Å². The number of methoxy groups -OCH3 is 1. The molecule has 5 rings (SSSR count). The third-order valence-corrected chi connectivity index (χ3v) is 5.30. The van der Waals surface area contributed by atoms with Crippen LogP contribution in [0.1, 0.15) is 11.5 Å². The highest BCUT2D eigenvalue weighted by Gasteiger charge is 2.25. The highest BCUT2D eigenvalue weighted by molar-refractivity contribution is 5.66. The Labute approximate surface area is 180 Å². The number of aryl methyl sites for hydroxylation is 1. The third kappa shape index (κ3) is 3.86. The molecule has 0 fully saturated rings. The maximum atomic E-state index is 6.06. The Kier molecular flexibility index (Phi) is 5.07. The first-order valence-corrected chi connectivity index (χ1v) is 10.1. The third-order valence-electron chi connectivity index (χ3n) is 5.30. The molecule has 162 valence electrons. The number of benzene rings is 2. The number of ether oxygens (including phenoxy) is 5. The Balaban J connectivity index is 1.28. The van der Waals surface area contributed by atoms with Gasteiger partial charge in [-0.15, -0.1) is 0 Å². The first kappa shape index (κ1) is 19.6. The van der Waals surface area contributed by atoms with E-state index < -0.39 is 0 Å². The average molecular weight is 424 g/mol. The molecule has 0 N–H and O–H groups in total. The van der Waals surface area contributed by atoms with Crippen LogP contribution in [-0.4, -0.2) is 50.1 Å². The van der Waals surface area contributed by atoms with E-state index in [1.165, 1.54) is 0 Å². The van der Waals surface area contributed by atoms with Crippen LogP contribution in [-0.2, 0) is 6.54 Å². The molecule has 0 amide bonds.